The number of aliphatic carboxylic acids is 1. The van der Waals surface area contributed by atoms with E-state index in [2.05, 4.69) is 10.6 Å². The van der Waals surface area contributed by atoms with Gasteiger partial charge in [-0.1, -0.05) is 43.0 Å². The van der Waals surface area contributed by atoms with Crippen molar-refractivity contribution < 1.29 is 19.5 Å². The van der Waals surface area contributed by atoms with Crippen LogP contribution in [0.5, 0.6) is 0 Å². The van der Waals surface area contributed by atoms with Crippen LogP contribution in [-0.4, -0.2) is 35.5 Å². The number of carboxylic acids is 1. The second-order valence-electron chi connectivity index (χ2n) is 4.91. The van der Waals surface area contributed by atoms with Crippen LogP contribution >= 0.6 is 23.2 Å². The maximum atomic E-state index is 11.9. The second kappa shape index (κ2) is 9.37. The van der Waals surface area contributed by atoms with Gasteiger partial charge >= 0.3 is 5.97 Å². The van der Waals surface area contributed by atoms with Gasteiger partial charge in [0, 0.05) is 5.56 Å². The van der Waals surface area contributed by atoms with E-state index in [4.69, 9.17) is 28.3 Å². The fourth-order valence-electron chi connectivity index (χ4n) is 1.81. The summed E-state index contributed by atoms with van der Waals surface area (Å²) in [6.07, 6.45) is 1.86. The third-order valence-electron chi connectivity index (χ3n) is 3.07. The molecule has 0 radical (unpaired) electrons. The zero-order valence-corrected chi connectivity index (χ0v) is 14.1. The Labute approximate surface area is 144 Å². The maximum absolute atomic E-state index is 11.9. The van der Waals surface area contributed by atoms with E-state index >= 15 is 0 Å². The molecule has 1 rings (SSSR count). The zero-order valence-electron chi connectivity index (χ0n) is 12.6. The predicted octanol–water partition coefficient (Wildman–Crippen LogP) is 2.48. The molecule has 2 amide bonds. The highest BCUT2D eigenvalue weighted by Gasteiger charge is 2.19. The Morgan fingerprint density at radius 3 is 2.48 bits per heavy atom. The first kappa shape index (κ1) is 19.3. The minimum absolute atomic E-state index is 0.231. The molecular formula is C15H18Cl2N2O4. The van der Waals surface area contributed by atoms with Crippen molar-refractivity contribution in [2.45, 2.75) is 32.2 Å². The third kappa shape index (κ3) is 6.46. The van der Waals surface area contributed by atoms with Crippen molar-refractivity contribution in [2.24, 2.45) is 0 Å². The summed E-state index contributed by atoms with van der Waals surface area (Å²) in [6, 6.07) is 3.38. The molecule has 0 aliphatic carbocycles. The van der Waals surface area contributed by atoms with Crippen molar-refractivity contribution in [1.82, 2.24) is 10.6 Å². The van der Waals surface area contributed by atoms with Gasteiger partial charge in [-0.2, -0.15) is 0 Å². The lowest BCUT2D eigenvalue weighted by molar-refractivity contribution is -0.141. The Kier molecular flexibility index (Phi) is 7.85. The summed E-state index contributed by atoms with van der Waals surface area (Å²) in [5.41, 5.74) is 0.257. The average molecular weight is 361 g/mol. The Morgan fingerprint density at radius 2 is 1.91 bits per heavy atom. The number of carbonyl (C=O) groups excluding carboxylic acids is 2. The van der Waals surface area contributed by atoms with Gasteiger partial charge in [0.2, 0.25) is 5.91 Å². The smallest absolute Gasteiger partial charge is 0.326 e. The monoisotopic (exact) mass is 360 g/mol. The van der Waals surface area contributed by atoms with E-state index in [9.17, 15) is 14.4 Å². The highest BCUT2D eigenvalue weighted by atomic mass is 35.5. The SMILES string of the molecule is CCCC[C@H](NC(=O)CNC(=O)c1ccc(Cl)c(Cl)c1)C(=O)O. The van der Waals surface area contributed by atoms with Gasteiger partial charge in [0.15, 0.2) is 0 Å². The summed E-state index contributed by atoms with van der Waals surface area (Å²) in [6.45, 7) is 1.60. The zero-order chi connectivity index (χ0) is 17.4. The van der Waals surface area contributed by atoms with E-state index in [1.54, 1.807) is 0 Å². The molecule has 0 saturated heterocycles. The molecule has 0 aliphatic rings. The van der Waals surface area contributed by atoms with Gasteiger partial charge in [-0.15, -0.1) is 0 Å². The number of nitrogens with one attached hydrogen (secondary N) is 2. The van der Waals surface area contributed by atoms with E-state index in [1.165, 1.54) is 18.2 Å². The van der Waals surface area contributed by atoms with Gasteiger partial charge in [-0.3, -0.25) is 9.59 Å². The highest BCUT2D eigenvalue weighted by Crippen LogP contribution is 2.22. The predicted molar refractivity (Wildman–Crippen MR) is 87.9 cm³/mol. The summed E-state index contributed by atoms with van der Waals surface area (Å²) in [5, 5.41) is 14.4. The number of halogens is 2. The van der Waals surface area contributed by atoms with Gasteiger partial charge in [0.1, 0.15) is 6.04 Å². The molecule has 23 heavy (non-hydrogen) atoms. The largest absolute Gasteiger partial charge is 0.480 e. The quantitative estimate of drug-likeness (QED) is 0.663. The van der Waals surface area contributed by atoms with Crippen molar-refractivity contribution in [3.63, 3.8) is 0 Å². The van der Waals surface area contributed by atoms with Crippen LogP contribution in [0.1, 0.15) is 36.5 Å². The fraction of sp³-hybridized carbons (Fsp3) is 0.400. The van der Waals surface area contributed by atoms with Crippen LogP contribution < -0.4 is 10.6 Å². The van der Waals surface area contributed by atoms with Gasteiger partial charge in [0.05, 0.1) is 16.6 Å². The average Bonchev–Trinajstić information content (AvgIpc) is 2.51. The summed E-state index contributed by atoms with van der Waals surface area (Å²) in [7, 11) is 0. The molecule has 6 nitrogen and oxygen atoms in total. The molecule has 8 heteroatoms. The lowest BCUT2D eigenvalue weighted by Gasteiger charge is -2.14. The van der Waals surface area contributed by atoms with Gasteiger partial charge < -0.3 is 15.7 Å². The Morgan fingerprint density at radius 1 is 1.22 bits per heavy atom. The Bertz CT molecular complexity index is 593. The molecule has 0 aliphatic heterocycles. The van der Waals surface area contributed by atoms with Crippen LogP contribution in [0.3, 0.4) is 0 Å². The standard InChI is InChI=1S/C15H18Cl2N2O4/c1-2-3-4-12(15(22)23)19-13(20)8-18-14(21)9-5-6-10(16)11(17)7-9/h5-7,12H,2-4,8H2,1H3,(H,18,21)(H,19,20)(H,22,23)/t12-/m0/s1. The molecule has 3 N–H and O–H groups in total. The van der Waals surface area contributed by atoms with E-state index in [0.29, 0.717) is 17.9 Å². The lowest BCUT2D eigenvalue weighted by Crippen LogP contribution is -2.45. The molecule has 0 aromatic heterocycles. The van der Waals surface area contributed by atoms with Crippen molar-refractivity contribution in [3.8, 4) is 0 Å². The van der Waals surface area contributed by atoms with Crippen molar-refractivity contribution >= 4 is 41.0 Å². The lowest BCUT2D eigenvalue weighted by atomic mass is 10.1. The van der Waals surface area contributed by atoms with E-state index in [1.807, 2.05) is 6.92 Å². The topological polar surface area (TPSA) is 95.5 Å². The number of carboxylic acid groups (broad SMARTS) is 1. The number of amides is 2. The molecule has 1 aromatic rings. The number of unbranched alkanes of at least 4 members (excludes halogenated alkanes) is 1. The molecule has 0 heterocycles. The summed E-state index contributed by atoms with van der Waals surface area (Å²) < 4.78 is 0. The van der Waals surface area contributed by atoms with Gasteiger partial charge in [-0.25, -0.2) is 4.79 Å². The fourth-order valence-corrected chi connectivity index (χ4v) is 2.11. The Hall–Kier alpha value is -1.79. The summed E-state index contributed by atoms with van der Waals surface area (Å²) >= 11 is 11.6. The first-order valence-corrected chi connectivity index (χ1v) is 7.86. The van der Waals surface area contributed by atoms with Crippen LogP contribution in [0.2, 0.25) is 10.0 Å². The van der Waals surface area contributed by atoms with Crippen molar-refractivity contribution in [2.75, 3.05) is 6.54 Å². The van der Waals surface area contributed by atoms with Crippen molar-refractivity contribution in [3.05, 3.63) is 33.8 Å². The normalized spacial score (nSPS) is 11.6. The molecule has 126 valence electrons. The first-order valence-electron chi connectivity index (χ1n) is 7.10. The molecule has 1 atom stereocenters. The molecule has 0 saturated carbocycles. The van der Waals surface area contributed by atoms with Gasteiger partial charge in [-0.05, 0) is 24.6 Å². The molecule has 0 fully saturated rings. The van der Waals surface area contributed by atoms with Gasteiger partial charge in [0.25, 0.3) is 5.91 Å². The van der Waals surface area contributed by atoms with E-state index in [0.717, 1.165) is 6.42 Å². The van der Waals surface area contributed by atoms with E-state index < -0.39 is 23.8 Å². The van der Waals surface area contributed by atoms with Crippen LogP contribution in [0.4, 0.5) is 0 Å². The number of rotatable bonds is 8. The third-order valence-corrected chi connectivity index (χ3v) is 3.81. The maximum Gasteiger partial charge on any atom is 0.326 e. The van der Waals surface area contributed by atoms with Crippen LogP contribution in [0.15, 0.2) is 18.2 Å². The van der Waals surface area contributed by atoms with Crippen LogP contribution in [-0.2, 0) is 9.59 Å². The van der Waals surface area contributed by atoms with Crippen LogP contribution in [0, 0.1) is 0 Å². The molecular weight excluding hydrogens is 343 g/mol. The second-order valence-corrected chi connectivity index (χ2v) is 5.73. The highest BCUT2D eigenvalue weighted by molar-refractivity contribution is 6.42. The van der Waals surface area contributed by atoms with Crippen LogP contribution in [0.25, 0.3) is 0 Å². The molecule has 0 spiro atoms. The van der Waals surface area contributed by atoms with E-state index in [-0.39, 0.29) is 17.1 Å². The first-order chi connectivity index (χ1) is 10.8. The molecule has 1 aromatic carbocycles. The Balaban J connectivity index is 2.52. The minimum Gasteiger partial charge on any atom is -0.480 e. The number of hydrogen-bond acceptors (Lipinski definition) is 3. The number of benzene rings is 1. The number of hydrogen-bond donors (Lipinski definition) is 3. The molecule has 0 bridgehead atoms. The minimum atomic E-state index is -1.09. The number of carbonyl (C=O) groups is 3. The summed E-state index contributed by atoms with van der Waals surface area (Å²) in [5.74, 6) is -2.16. The summed E-state index contributed by atoms with van der Waals surface area (Å²) in [4.78, 5) is 34.7. The molecule has 0 unspecified atom stereocenters. The van der Waals surface area contributed by atoms with Crippen molar-refractivity contribution in [1.29, 1.82) is 0 Å².